The van der Waals surface area contributed by atoms with E-state index in [0.717, 1.165) is 28.1 Å². The number of carbonyl (C=O) groups excluding carboxylic acids is 1. The van der Waals surface area contributed by atoms with Crippen LogP contribution in [0, 0.1) is 0 Å². The van der Waals surface area contributed by atoms with Crippen LogP contribution in [-0.2, 0) is 4.79 Å². The highest BCUT2D eigenvalue weighted by atomic mass is 16.5. The maximum absolute atomic E-state index is 11.6. The van der Waals surface area contributed by atoms with Crippen LogP contribution in [0.4, 0.5) is 17.2 Å². The minimum absolute atomic E-state index is 0.271. The predicted octanol–water partition coefficient (Wildman–Crippen LogP) is 4.14. The third-order valence-corrected chi connectivity index (χ3v) is 6.04. The molecule has 1 fully saturated rings. The van der Waals surface area contributed by atoms with E-state index >= 15 is 0 Å². The Morgan fingerprint density at radius 3 is 2.65 bits per heavy atom. The van der Waals surface area contributed by atoms with Crippen LogP contribution in [-0.4, -0.2) is 38.9 Å². The molecule has 0 atom stereocenters. The average Bonchev–Trinajstić information content (AvgIpc) is 3.22. The van der Waals surface area contributed by atoms with Gasteiger partial charge in [0.15, 0.2) is 5.82 Å². The summed E-state index contributed by atoms with van der Waals surface area (Å²) < 4.78 is 7.20. The summed E-state index contributed by atoms with van der Waals surface area (Å²) in [5.74, 6) is 0.800. The van der Waals surface area contributed by atoms with Crippen molar-refractivity contribution in [1.29, 1.82) is 0 Å². The lowest BCUT2D eigenvalue weighted by Gasteiger charge is -2.28. The molecular formula is C25H25N7O2. The summed E-state index contributed by atoms with van der Waals surface area (Å²) in [5.41, 5.74) is 11.7. The molecule has 1 aliphatic carbocycles. The summed E-state index contributed by atoms with van der Waals surface area (Å²) in [6.07, 6.45) is 6.19. The maximum atomic E-state index is 11.6. The monoisotopic (exact) mass is 455 g/mol. The number of rotatable bonds is 7. The zero-order valence-electron chi connectivity index (χ0n) is 18.8. The molecule has 1 saturated carbocycles. The Morgan fingerprint density at radius 2 is 1.97 bits per heavy atom. The van der Waals surface area contributed by atoms with Crippen LogP contribution < -0.4 is 21.1 Å². The fraction of sp³-hybridized carbons (Fsp3) is 0.200. The van der Waals surface area contributed by atoms with Gasteiger partial charge in [0.2, 0.25) is 5.91 Å². The van der Waals surface area contributed by atoms with Crippen LogP contribution in [0.5, 0.6) is 5.75 Å². The molecule has 2 aromatic heterocycles. The number of nitrogens with two attached hydrogens (primary N) is 1. The summed E-state index contributed by atoms with van der Waals surface area (Å²) >= 11 is 0. The molecule has 0 aliphatic heterocycles. The molecule has 0 saturated heterocycles. The van der Waals surface area contributed by atoms with Gasteiger partial charge in [-0.1, -0.05) is 24.8 Å². The van der Waals surface area contributed by atoms with E-state index < -0.39 is 0 Å². The SMILES string of the molecule is C=CC(=O)Nc1ccc(-c2nn3ncnc(N)c3c2-c2ccc(NC3CCC3)c(OC)c2)cc1. The van der Waals surface area contributed by atoms with E-state index in [2.05, 4.69) is 27.3 Å². The Balaban J connectivity index is 1.61. The lowest BCUT2D eigenvalue weighted by molar-refractivity contribution is -0.111. The quantitative estimate of drug-likeness (QED) is 0.358. The van der Waals surface area contributed by atoms with Crippen LogP contribution in [0.25, 0.3) is 27.9 Å². The van der Waals surface area contributed by atoms with Gasteiger partial charge in [-0.3, -0.25) is 4.79 Å². The minimum atomic E-state index is -0.271. The van der Waals surface area contributed by atoms with E-state index in [9.17, 15) is 4.79 Å². The van der Waals surface area contributed by atoms with Crippen molar-refractivity contribution in [2.45, 2.75) is 25.3 Å². The first-order chi connectivity index (χ1) is 16.6. The van der Waals surface area contributed by atoms with Gasteiger partial charge in [0.1, 0.15) is 23.3 Å². The Hall–Kier alpha value is -4.40. The summed E-state index contributed by atoms with van der Waals surface area (Å²) in [4.78, 5) is 15.8. The molecule has 1 amide bonds. The number of fused-ring (bicyclic) bond motifs is 1. The Morgan fingerprint density at radius 1 is 1.21 bits per heavy atom. The molecule has 0 spiro atoms. The topological polar surface area (TPSA) is 119 Å². The van der Waals surface area contributed by atoms with Crippen molar-refractivity contribution in [3.63, 3.8) is 0 Å². The highest BCUT2D eigenvalue weighted by molar-refractivity contribution is 6.00. The van der Waals surface area contributed by atoms with Gasteiger partial charge in [-0.15, -0.1) is 14.8 Å². The lowest BCUT2D eigenvalue weighted by Crippen LogP contribution is -2.27. The van der Waals surface area contributed by atoms with E-state index in [4.69, 9.17) is 15.6 Å². The summed E-state index contributed by atoms with van der Waals surface area (Å²) in [6.45, 7) is 3.48. The maximum Gasteiger partial charge on any atom is 0.247 e. The molecule has 1 aliphatic rings. The number of ether oxygens (including phenoxy) is 1. The Kier molecular flexibility index (Phi) is 5.59. The number of amides is 1. The number of benzene rings is 2. The first kappa shape index (κ1) is 21.4. The second-order valence-electron chi connectivity index (χ2n) is 8.16. The standard InChI is InChI=1S/C25H25N7O2/c1-3-21(33)30-18-10-7-15(8-11-18)23-22(24-25(26)27-14-28-32(24)31-23)16-9-12-19(20(13-16)34-2)29-17-5-4-6-17/h3,7-14,17,29H,1,4-6H2,2H3,(H,30,33)(H2,26,27,28). The summed E-state index contributed by atoms with van der Waals surface area (Å²) in [6, 6.07) is 13.9. The molecular weight excluding hydrogens is 430 g/mol. The first-order valence-electron chi connectivity index (χ1n) is 11.1. The van der Waals surface area contributed by atoms with Gasteiger partial charge in [0.25, 0.3) is 0 Å². The van der Waals surface area contributed by atoms with E-state index in [0.29, 0.717) is 28.8 Å². The molecule has 4 N–H and O–H groups in total. The number of methoxy groups -OCH3 is 1. The Labute approximate surface area is 196 Å². The van der Waals surface area contributed by atoms with Crippen LogP contribution >= 0.6 is 0 Å². The number of nitrogens with zero attached hydrogens (tertiary/aromatic N) is 4. The number of aromatic nitrogens is 4. The van der Waals surface area contributed by atoms with Crippen molar-refractivity contribution < 1.29 is 9.53 Å². The third-order valence-electron chi connectivity index (χ3n) is 6.04. The van der Waals surface area contributed by atoms with Crippen LogP contribution in [0.15, 0.2) is 61.4 Å². The zero-order chi connectivity index (χ0) is 23.7. The molecule has 2 heterocycles. The lowest BCUT2D eigenvalue weighted by atomic mass is 9.92. The molecule has 172 valence electrons. The number of nitrogen functional groups attached to an aromatic ring is 1. The van der Waals surface area contributed by atoms with Crippen molar-refractivity contribution in [3.8, 4) is 28.1 Å². The van der Waals surface area contributed by atoms with Crippen molar-refractivity contribution in [3.05, 3.63) is 61.4 Å². The fourth-order valence-electron chi connectivity index (χ4n) is 4.04. The second kappa shape index (κ2) is 8.86. The van der Waals surface area contributed by atoms with Gasteiger partial charge in [0.05, 0.1) is 12.8 Å². The zero-order valence-corrected chi connectivity index (χ0v) is 18.8. The molecule has 0 bridgehead atoms. The average molecular weight is 456 g/mol. The fourth-order valence-corrected chi connectivity index (χ4v) is 4.04. The molecule has 4 aromatic rings. The molecule has 0 radical (unpaired) electrons. The smallest absolute Gasteiger partial charge is 0.247 e. The third kappa shape index (κ3) is 3.92. The summed E-state index contributed by atoms with van der Waals surface area (Å²) in [5, 5.41) is 15.3. The van der Waals surface area contributed by atoms with Crippen LogP contribution in [0.3, 0.4) is 0 Å². The van der Waals surface area contributed by atoms with E-state index in [1.54, 1.807) is 7.11 Å². The number of anilines is 3. The van der Waals surface area contributed by atoms with Crippen LogP contribution in [0.1, 0.15) is 19.3 Å². The number of hydrogen-bond donors (Lipinski definition) is 3. The molecule has 0 unspecified atom stereocenters. The number of carbonyl (C=O) groups is 1. The largest absolute Gasteiger partial charge is 0.495 e. The first-order valence-corrected chi connectivity index (χ1v) is 11.1. The van der Waals surface area contributed by atoms with Crippen molar-refractivity contribution >= 4 is 28.6 Å². The van der Waals surface area contributed by atoms with Gasteiger partial charge in [0, 0.05) is 22.9 Å². The normalized spacial score (nSPS) is 13.3. The van der Waals surface area contributed by atoms with Gasteiger partial charge in [-0.05, 0) is 55.2 Å². The van der Waals surface area contributed by atoms with E-state index in [1.807, 2.05) is 42.5 Å². The van der Waals surface area contributed by atoms with E-state index in [1.165, 1.54) is 36.3 Å². The predicted molar refractivity (Wildman–Crippen MR) is 133 cm³/mol. The number of hydrogen-bond acceptors (Lipinski definition) is 7. The van der Waals surface area contributed by atoms with E-state index in [-0.39, 0.29) is 5.91 Å². The molecule has 2 aromatic carbocycles. The van der Waals surface area contributed by atoms with Gasteiger partial charge >= 0.3 is 0 Å². The molecule has 5 rings (SSSR count). The second-order valence-corrected chi connectivity index (χ2v) is 8.16. The van der Waals surface area contributed by atoms with Crippen LogP contribution in [0.2, 0.25) is 0 Å². The molecule has 9 nitrogen and oxygen atoms in total. The number of nitrogens with one attached hydrogen (secondary N) is 2. The highest BCUT2D eigenvalue weighted by Gasteiger charge is 2.22. The van der Waals surface area contributed by atoms with Crippen molar-refractivity contribution in [2.75, 3.05) is 23.5 Å². The van der Waals surface area contributed by atoms with Crippen molar-refractivity contribution in [2.24, 2.45) is 0 Å². The van der Waals surface area contributed by atoms with Gasteiger partial charge in [-0.2, -0.15) is 0 Å². The van der Waals surface area contributed by atoms with Crippen molar-refractivity contribution in [1.82, 2.24) is 19.8 Å². The Bertz CT molecular complexity index is 1370. The van der Waals surface area contributed by atoms with Gasteiger partial charge in [-0.25, -0.2) is 4.98 Å². The summed E-state index contributed by atoms with van der Waals surface area (Å²) in [7, 11) is 1.66. The molecule has 34 heavy (non-hydrogen) atoms. The minimum Gasteiger partial charge on any atom is -0.495 e. The highest BCUT2D eigenvalue weighted by Crippen LogP contribution is 2.40. The molecule has 9 heteroatoms. The van der Waals surface area contributed by atoms with Gasteiger partial charge < -0.3 is 21.1 Å².